The van der Waals surface area contributed by atoms with Crippen LogP contribution >= 0.6 is 0 Å². The molecular formula is C3H9BN4. The van der Waals surface area contributed by atoms with Gasteiger partial charge in [0.05, 0.1) is 0 Å². The highest BCUT2D eigenvalue weighted by Gasteiger charge is 2.23. The Morgan fingerprint density at radius 1 is 1.12 bits per heavy atom. The summed E-state index contributed by atoms with van der Waals surface area (Å²) < 4.78 is 0. The van der Waals surface area contributed by atoms with Crippen molar-refractivity contribution in [1.82, 2.24) is 9.84 Å². The van der Waals surface area contributed by atoms with Crippen LogP contribution in [0, 0.1) is 0 Å². The van der Waals surface area contributed by atoms with Crippen molar-refractivity contribution in [2.24, 2.45) is 10.4 Å². The van der Waals surface area contributed by atoms with Gasteiger partial charge in [-0.15, -0.1) is 0 Å². The minimum Gasteiger partial charge on any atom is -0.298 e. The molecule has 44 valence electrons. The van der Waals surface area contributed by atoms with Crippen LogP contribution in [0.4, 0.5) is 0 Å². The molecule has 0 aromatic rings. The van der Waals surface area contributed by atoms with E-state index in [1.165, 1.54) is 0 Å². The summed E-state index contributed by atoms with van der Waals surface area (Å²) in [5.74, 6) is 0. The lowest BCUT2D eigenvalue weighted by Crippen LogP contribution is -2.35. The van der Waals surface area contributed by atoms with Gasteiger partial charge >= 0.3 is 6.98 Å². The third kappa shape index (κ3) is 0.637. The van der Waals surface area contributed by atoms with Crippen LogP contribution in [0.2, 0.25) is 6.82 Å². The van der Waals surface area contributed by atoms with Crippen LogP contribution in [0.3, 0.4) is 0 Å². The number of hydrogen-bond donors (Lipinski definition) is 0. The summed E-state index contributed by atoms with van der Waals surface area (Å²) in [5, 5.41) is 7.56. The molecule has 1 aliphatic heterocycles. The molecule has 8 heavy (non-hydrogen) atoms. The van der Waals surface area contributed by atoms with Crippen LogP contribution in [0.5, 0.6) is 0 Å². The number of nitrogens with zero attached hydrogens (tertiary/aromatic N) is 4. The maximum Gasteiger partial charge on any atom is 0.408 e. The highest BCUT2D eigenvalue weighted by molar-refractivity contribution is 6.51. The highest BCUT2D eigenvalue weighted by atomic mass is 15.7. The minimum atomic E-state index is 0.315. The van der Waals surface area contributed by atoms with Crippen molar-refractivity contribution in [2.45, 2.75) is 6.82 Å². The van der Waals surface area contributed by atoms with Gasteiger partial charge in [-0.05, 0) is 6.82 Å². The maximum atomic E-state index is 3.78. The maximum absolute atomic E-state index is 3.78. The third-order valence-corrected chi connectivity index (χ3v) is 1.40. The second-order valence-electron chi connectivity index (χ2n) is 1.96. The van der Waals surface area contributed by atoms with E-state index >= 15 is 0 Å². The van der Waals surface area contributed by atoms with Crippen molar-refractivity contribution in [3.63, 3.8) is 0 Å². The first-order chi connectivity index (χ1) is 3.72. The first kappa shape index (κ1) is 5.40. The van der Waals surface area contributed by atoms with Crippen molar-refractivity contribution in [1.29, 1.82) is 0 Å². The molecule has 4 nitrogen and oxygen atoms in total. The Morgan fingerprint density at radius 2 is 1.50 bits per heavy atom. The summed E-state index contributed by atoms with van der Waals surface area (Å²) in [6.07, 6.45) is 0. The van der Waals surface area contributed by atoms with Crippen LogP contribution in [0.1, 0.15) is 0 Å². The Hall–Kier alpha value is -0.735. The van der Waals surface area contributed by atoms with Crippen LogP contribution in [-0.2, 0) is 0 Å². The van der Waals surface area contributed by atoms with Gasteiger partial charge in [-0.2, -0.15) is 0 Å². The molecule has 0 saturated heterocycles. The first-order valence-electron chi connectivity index (χ1n) is 2.59. The first-order valence-corrected chi connectivity index (χ1v) is 2.59. The Balaban J connectivity index is 2.55. The van der Waals surface area contributed by atoms with Crippen molar-refractivity contribution < 1.29 is 0 Å². The van der Waals surface area contributed by atoms with Crippen LogP contribution in [0.25, 0.3) is 0 Å². The van der Waals surface area contributed by atoms with E-state index in [0.29, 0.717) is 6.98 Å². The monoisotopic (exact) mass is 112 g/mol. The van der Waals surface area contributed by atoms with E-state index < -0.39 is 0 Å². The fraction of sp³-hybridized carbons (Fsp3) is 1.00. The normalized spacial score (nSPS) is 18.6. The standard InChI is InChI=1S/C3H9BN4/c1-4-7(2)5-6-8(4)3/h1-3H3. The predicted molar refractivity (Wildman–Crippen MR) is 32.0 cm³/mol. The lowest BCUT2D eigenvalue weighted by molar-refractivity contribution is 0.541. The second-order valence-corrected chi connectivity index (χ2v) is 1.96. The molecule has 0 bridgehead atoms. The molecule has 5 heteroatoms. The summed E-state index contributed by atoms with van der Waals surface area (Å²) in [4.78, 5) is 3.61. The summed E-state index contributed by atoms with van der Waals surface area (Å²) in [6, 6.07) is 0. The molecule has 0 amide bonds. The molecule has 1 aliphatic rings. The summed E-state index contributed by atoms with van der Waals surface area (Å²) in [6.45, 7) is 2.36. The molecule has 0 unspecified atom stereocenters. The van der Waals surface area contributed by atoms with E-state index in [4.69, 9.17) is 0 Å². The summed E-state index contributed by atoms with van der Waals surface area (Å²) in [7, 11) is 3.80. The van der Waals surface area contributed by atoms with Gasteiger partial charge in [0.1, 0.15) is 0 Å². The van der Waals surface area contributed by atoms with Gasteiger partial charge in [-0.1, -0.05) is 10.4 Å². The summed E-state index contributed by atoms with van der Waals surface area (Å²) >= 11 is 0. The fourth-order valence-corrected chi connectivity index (χ4v) is 0.517. The lowest BCUT2D eigenvalue weighted by atomic mass is 9.80. The third-order valence-electron chi connectivity index (χ3n) is 1.40. The van der Waals surface area contributed by atoms with Gasteiger partial charge in [0.25, 0.3) is 0 Å². The SMILES string of the molecule is CB1N(C)N=NN1C. The molecule has 0 aromatic carbocycles. The zero-order valence-electron chi connectivity index (χ0n) is 5.37. The van der Waals surface area contributed by atoms with E-state index in [0.717, 1.165) is 0 Å². The smallest absolute Gasteiger partial charge is 0.298 e. The zero-order valence-corrected chi connectivity index (χ0v) is 5.37. The van der Waals surface area contributed by atoms with E-state index in [2.05, 4.69) is 10.4 Å². The molecule has 0 aromatic heterocycles. The summed E-state index contributed by atoms with van der Waals surface area (Å²) in [5.41, 5.74) is 0. The van der Waals surface area contributed by atoms with Gasteiger partial charge in [-0.3, -0.25) is 9.84 Å². The van der Waals surface area contributed by atoms with E-state index in [9.17, 15) is 0 Å². The molecule has 0 atom stereocenters. The van der Waals surface area contributed by atoms with Gasteiger partial charge in [0.15, 0.2) is 0 Å². The van der Waals surface area contributed by atoms with Crippen molar-refractivity contribution in [2.75, 3.05) is 14.1 Å². The highest BCUT2D eigenvalue weighted by Crippen LogP contribution is 2.05. The van der Waals surface area contributed by atoms with Gasteiger partial charge < -0.3 is 0 Å². The molecular weight excluding hydrogens is 103 g/mol. The largest absolute Gasteiger partial charge is 0.408 e. The Morgan fingerprint density at radius 3 is 1.62 bits per heavy atom. The Bertz CT molecular complexity index is 102. The average Bonchev–Trinajstić information content (AvgIpc) is 1.98. The van der Waals surface area contributed by atoms with Crippen molar-refractivity contribution in [3.05, 3.63) is 0 Å². The van der Waals surface area contributed by atoms with Gasteiger partial charge in [0, 0.05) is 14.1 Å². The van der Waals surface area contributed by atoms with Gasteiger partial charge in [-0.25, -0.2) is 0 Å². The van der Waals surface area contributed by atoms with E-state index in [1.807, 2.05) is 20.9 Å². The molecule has 0 aliphatic carbocycles. The van der Waals surface area contributed by atoms with Crippen molar-refractivity contribution in [3.8, 4) is 0 Å². The second kappa shape index (κ2) is 1.65. The van der Waals surface area contributed by atoms with Gasteiger partial charge in [0.2, 0.25) is 0 Å². The van der Waals surface area contributed by atoms with Crippen LogP contribution < -0.4 is 0 Å². The molecule has 1 heterocycles. The molecule has 0 N–H and O–H groups in total. The minimum absolute atomic E-state index is 0.315. The molecule has 0 fully saturated rings. The van der Waals surface area contributed by atoms with Crippen LogP contribution in [-0.4, -0.2) is 30.9 Å². The molecule has 0 saturated carbocycles. The quantitative estimate of drug-likeness (QED) is 0.421. The van der Waals surface area contributed by atoms with Crippen molar-refractivity contribution >= 4 is 6.98 Å². The van der Waals surface area contributed by atoms with E-state index in [-0.39, 0.29) is 0 Å². The fourth-order valence-electron chi connectivity index (χ4n) is 0.517. The number of rotatable bonds is 0. The molecule has 0 radical (unpaired) electrons. The topological polar surface area (TPSA) is 31.2 Å². The molecule has 1 rings (SSSR count). The van der Waals surface area contributed by atoms with E-state index in [1.54, 1.807) is 9.84 Å². The van der Waals surface area contributed by atoms with Crippen LogP contribution in [0.15, 0.2) is 10.4 Å². The Kier molecular flexibility index (Phi) is 1.11. The average molecular weight is 112 g/mol. The zero-order chi connectivity index (χ0) is 6.15. The Labute approximate surface area is 49.2 Å². The number of hydrogen-bond acceptors (Lipinski definition) is 4. The lowest BCUT2D eigenvalue weighted by Gasteiger charge is -2.11. The molecule has 0 spiro atoms. The predicted octanol–water partition coefficient (Wildman–Crippen LogP) is 0.264.